The van der Waals surface area contributed by atoms with Crippen LogP contribution in [0.5, 0.6) is 0 Å². The fourth-order valence-corrected chi connectivity index (χ4v) is 3.59. The number of thioether (sulfide) groups is 1. The van der Waals surface area contributed by atoms with Gasteiger partial charge < -0.3 is 10.2 Å². The van der Waals surface area contributed by atoms with Crippen molar-refractivity contribution in [1.82, 2.24) is 19.4 Å². The molecule has 2 aromatic heterocycles. The van der Waals surface area contributed by atoms with Crippen LogP contribution in [0.1, 0.15) is 30.8 Å². The van der Waals surface area contributed by atoms with Crippen molar-refractivity contribution in [3.63, 3.8) is 0 Å². The third kappa shape index (κ3) is 4.63. The van der Waals surface area contributed by atoms with Crippen molar-refractivity contribution < 1.29 is 9.59 Å². The minimum Gasteiger partial charge on any atom is -0.336 e. The summed E-state index contributed by atoms with van der Waals surface area (Å²) in [5.41, 5.74) is 1.08. The number of rotatable bonds is 5. The maximum absolute atomic E-state index is 12.5. The number of nitrogens with one attached hydrogen (secondary N) is 1. The minimum absolute atomic E-state index is 0.0234. The van der Waals surface area contributed by atoms with E-state index in [1.807, 2.05) is 30.5 Å². The van der Waals surface area contributed by atoms with Crippen molar-refractivity contribution in [1.29, 1.82) is 0 Å². The summed E-state index contributed by atoms with van der Waals surface area (Å²) in [6.07, 6.45) is 5.37. The number of aromatic nitrogens is 3. The van der Waals surface area contributed by atoms with E-state index in [0.29, 0.717) is 29.5 Å². The Labute approximate surface area is 157 Å². The minimum atomic E-state index is -0.0402. The molecule has 0 saturated carbocycles. The molecule has 1 saturated heterocycles. The maximum Gasteiger partial charge on any atom is 0.274 e. The molecule has 1 aliphatic rings. The fourth-order valence-electron chi connectivity index (χ4n) is 2.68. The molecule has 8 heteroatoms. The molecule has 1 fully saturated rings. The van der Waals surface area contributed by atoms with Gasteiger partial charge in [-0.25, -0.2) is 9.97 Å². The smallest absolute Gasteiger partial charge is 0.274 e. The zero-order chi connectivity index (χ0) is 18.5. The van der Waals surface area contributed by atoms with Crippen LogP contribution in [0.25, 0.3) is 5.82 Å². The van der Waals surface area contributed by atoms with E-state index < -0.39 is 0 Å². The third-order valence-corrected chi connectivity index (χ3v) is 4.93. The van der Waals surface area contributed by atoms with Gasteiger partial charge >= 0.3 is 0 Å². The molecule has 7 nitrogen and oxygen atoms in total. The molecular formula is C18H23N5O2S. The highest BCUT2D eigenvalue weighted by Gasteiger charge is 2.20. The average Bonchev–Trinajstić information content (AvgIpc) is 3.12. The lowest BCUT2D eigenvalue weighted by Gasteiger charge is -2.25. The SMILES string of the molecule is CC(C)CC(=O)Nc1ccc(-n2cnc(C(=O)N3CCSCC3)c2)nc1. The van der Waals surface area contributed by atoms with Crippen molar-refractivity contribution in [3.8, 4) is 5.82 Å². The zero-order valence-electron chi connectivity index (χ0n) is 15.0. The summed E-state index contributed by atoms with van der Waals surface area (Å²) >= 11 is 1.86. The molecule has 2 amide bonds. The molecule has 26 heavy (non-hydrogen) atoms. The maximum atomic E-state index is 12.5. The van der Waals surface area contributed by atoms with Gasteiger partial charge in [-0.05, 0) is 18.1 Å². The molecule has 0 radical (unpaired) electrons. The lowest BCUT2D eigenvalue weighted by Crippen LogP contribution is -2.38. The quantitative estimate of drug-likeness (QED) is 0.871. The summed E-state index contributed by atoms with van der Waals surface area (Å²) in [5, 5.41) is 2.83. The van der Waals surface area contributed by atoms with E-state index in [9.17, 15) is 9.59 Å². The van der Waals surface area contributed by atoms with Crippen molar-refractivity contribution >= 4 is 29.3 Å². The number of hydrogen-bond acceptors (Lipinski definition) is 5. The summed E-state index contributed by atoms with van der Waals surface area (Å²) < 4.78 is 1.71. The largest absolute Gasteiger partial charge is 0.336 e. The standard InChI is InChI=1S/C18H23N5O2S/c1-13(2)9-17(24)21-14-3-4-16(19-10-14)23-11-15(20-12-23)18(25)22-5-7-26-8-6-22/h3-4,10-13H,5-9H2,1-2H3,(H,21,24). The van der Waals surface area contributed by atoms with Gasteiger partial charge in [0.25, 0.3) is 5.91 Å². The first-order chi connectivity index (χ1) is 12.5. The van der Waals surface area contributed by atoms with Crippen LogP contribution in [0.3, 0.4) is 0 Å². The van der Waals surface area contributed by atoms with E-state index in [2.05, 4.69) is 15.3 Å². The number of amides is 2. The Bertz CT molecular complexity index is 766. The Balaban J connectivity index is 1.65. The van der Waals surface area contributed by atoms with E-state index in [4.69, 9.17) is 0 Å². The number of hydrogen-bond donors (Lipinski definition) is 1. The molecule has 0 unspecified atom stereocenters. The second-order valence-corrected chi connectivity index (χ2v) is 7.85. The first-order valence-electron chi connectivity index (χ1n) is 8.70. The zero-order valence-corrected chi connectivity index (χ0v) is 15.8. The van der Waals surface area contributed by atoms with Gasteiger partial charge in [0.2, 0.25) is 5.91 Å². The van der Waals surface area contributed by atoms with Crippen LogP contribution in [0.2, 0.25) is 0 Å². The van der Waals surface area contributed by atoms with Gasteiger partial charge in [-0.1, -0.05) is 13.8 Å². The van der Waals surface area contributed by atoms with E-state index in [1.54, 1.807) is 35.4 Å². The van der Waals surface area contributed by atoms with Crippen molar-refractivity contribution in [2.24, 2.45) is 5.92 Å². The molecule has 3 rings (SSSR count). The van der Waals surface area contributed by atoms with Gasteiger partial charge in [-0.3, -0.25) is 14.2 Å². The Morgan fingerprint density at radius 3 is 2.65 bits per heavy atom. The lowest BCUT2D eigenvalue weighted by molar-refractivity contribution is -0.116. The van der Waals surface area contributed by atoms with Crippen molar-refractivity contribution in [2.45, 2.75) is 20.3 Å². The normalized spacial score (nSPS) is 14.5. The number of pyridine rings is 1. The fraction of sp³-hybridized carbons (Fsp3) is 0.444. The molecule has 3 heterocycles. The van der Waals surface area contributed by atoms with Gasteiger partial charge in [0, 0.05) is 37.2 Å². The third-order valence-electron chi connectivity index (χ3n) is 3.99. The number of imidazole rings is 1. The summed E-state index contributed by atoms with van der Waals surface area (Å²) in [7, 11) is 0. The summed E-state index contributed by atoms with van der Waals surface area (Å²) in [6.45, 7) is 5.53. The van der Waals surface area contributed by atoms with Crippen LogP contribution in [0.4, 0.5) is 5.69 Å². The van der Waals surface area contributed by atoms with Crippen LogP contribution >= 0.6 is 11.8 Å². The van der Waals surface area contributed by atoms with Crippen LogP contribution < -0.4 is 5.32 Å². The molecule has 0 atom stereocenters. The van der Waals surface area contributed by atoms with E-state index in [0.717, 1.165) is 24.6 Å². The monoisotopic (exact) mass is 373 g/mol. The molecule has 0 bridgehead atoms. The molecule has 0 aromatic carbocycles. The number of carbonyl (C=O) groups is 2. The second-order valence-electron chi connectivity index (χ2n) is 6.62. The van der Waals surface area contributed by atoms with E-state index >= 15 is 0 Å². The summed E-state index contributed by atoms with van der Waals surface area (Å²) in [4.78, 5) is 34.7. The highest BCUT2D eigenvalue weighted by atomic mass is 32.2. The first kappa shape index (κ1) is 18.4. The number of nitrogens with zero attached hydrogens (tertiary/aromatic N) is 4. The molecule has 1 aliphatic heterocycles. The highest BCUT2D eigenvalue weighted by Crippen LogP contribution is 2.15. The predicted molar refractivity (Wildman–Crippen MR) is 103 cm³/mol. The van der Waals surface area contributed by atoms with Crippen LogP contribution in [-0.2, 0) is 4.79 Å². The Morgan fingerprint density at radius 1 is 1.23 bits per heavy atom. The topological polar surface area (TPSA) is 80.1 Å². The van der Waals surface area contributed by atoms with Crippen LogP contribution in [-0.4, -0.2) is 55.8 Å². The second kappa shape index (κ2) is 8.35. The lowest BCUT2D eigenvalue weighted by atomic mass is 10.1. The predicted octanol–water partition coefficient (Wildman–Crippen LogP) is 2.44. The van der Waals surface area contributed by atoms with Gasteiger partial charge in [0.15, 0.2) is 0 Å². The highest BCUT2D eigenvalue weighted by molar-refractivity contribution is 7.99. The van der Waals surface area contributed by atoms with Gasteiger partial charge in [0.05, 0.1) is 11.9 Å². The van der Waals surface area contributed by atoms with Gasteiger partial charge in [-0.2, -0.15) is 11.8 Å². The Kier molecular flexibility index (Phi) is 5.92. The molecular weight excluding hydrogens is 350 g/mol. The van der Waals surface area contributed by atoms with Gasteiger partial charge in [0.1, 0.15) is 17.8 Å². The van der Waals surface area contributed by atoms with Crippen molar-refractivity contribution in [3.05, 3.63) is 36.5 Å². The molecule has 0 spiro atoms. The average molecular weight is 373 g/mol. The molecule has 0 aliphatic carbocycles. The Morgan fingerprint density at radius 2 is 2.00 bits per heavy atom. The molecule has 1 N–H and O–H groups in total. The summed E-state index contributed by atoms with van der Waals surface area (Å²) in [6, 6.07) is 3.59. The van der Waals surface area contributed by atoms with Crippen molar-refractivity contribution in [2.75, 3.05) is 29.9 Å². The van der Waals surface area contributed by atoms with E-state index in [-0.39, 0.29) is 11.8 Å². The first-order valence-corrected chi connectivity index (χ1v) is 9.85. The molecule has 138 valence electrons. The van der Waals surface area contributed by atoms with Crippen LogP contribution in [0, 0.1) is 5.92 Å². The molecule has 2 aromatic rings. The van der Waals surface area contributed by atoms with Crippen LogP contribution in [0.15, 0.2) is 30.9 Å². The summed E-state index contributed by atoms with van der Waals surface area (Å²) in [5.74, 6) is 2.83. The number of anilines is 1. The Hall–Kier alpha value is -2.35. The number of carbonyl (C=O) groups excluding carboxylic acids is 2. The van der Waals surface area contributed by atoms with E-state index in [1.165, 1.54) is 0 Å². The van der Waals surface area contributed by atoms with Gasteiger partial charge in [-0.15, -0.1) is 0 Å².